The van der Waals surface area contributed by atoms with Crippen molar-refractivity contribution in [1.29, 1.82) is 0 Å². The van der Waals surface area contributed by atoms with Crippen LogP contribution in [-0.4, -0.2) is 94.7 Å². The average Bonchev–Trinajstić information content (AvgIpc) is 3.63. The van der Waals surface area contributed by atoms with E-state index in [0.717, 1.165) is 12.1 Å². The third kappa shape index (κ3) is 9.19. The molecule has 0 saturated heterocycles. The number of nitrogens with two attached hydrogens (primary N) is 1. The molecule has 3 rings (SSSR count). The molecule has 222 valence electrons. The molecule has 8 nitrogen and oxygen atoms in total. The molecule has 1 aliphatic rings. The highest BCUT2D eigenvalue weighted by atomic mass is 32.2. The van der Waals surface area contributed by atoms with Crippen molar-refractivity contribution < 1.29 is 18.7 Å². The first-order valence-corrected chi connectivity index (χ1v) is 16.0. The maximum Gasteiger partial charge on any atom is 0.251 e. The number of carbonyl (C=O) groups excluding carboxylic acids is 1. The molecule has 0 spiro atoms. The van der Waals surface area contributed by atoms with E-state index in [0.29, 0.717) is 61.8 Å². The zero-order valence-corrected chi connectivity index (χ0v) is 25.2. The minimum Gasteiger partial charge on any atom is -0.383 e. The number of rotatable bonds is 17. The number of anilines is 2. The molecule has 0 radical (unpaired) electrons. The second-order valence-corrected chi connectivity index (χ2v) is 13.8. The van der Waals surface area contributed by atoms with Crippen LogP contribution >= 0.6 is 9.39 Å². The first-order valence-electron chi connectivity index (χ1n) is 13.7. The van der Waals surface area contributed by atoms with Crippen LogP contribution in [0.2, 0.25) is 0 Å². The Hall–Kier alpha value is -2.66. The summed E-state index contributed by atoms with van der Waals surface area (Å²) in [6.07, 6.45) is 3.56. The summed E-state index contributed by atoms with van der Waals surface area (Å²) in [6, 6.07) is 11.8. The molecule has 1 aromatic carbocycles. The van der Waals surface area contributed by atoms with Gasteiger partial charge in [0.2, 0.25) is 0 Å². The van der Waals surface area contributed by atoms with Crippen molar-refractivity contribution in [2.45, 2.75) is 31.8 Å². The zero-order chi connectivity index (χ0) is 29.3. The minimum atomic E-state index is -1.75. The van der Waals surface area contributed by atoms with E-state index in [2.05, 4.69) is 28.9 Å². The van der Waals surface area contributed by atoms with Crippen molar-refractivity contribution in [2.75, 3.05) is 69.2 Å². The number of methoxy groups -OCH3 is 2. The smallest absolute Gasteiger partial charge is 0.251 e. The number of alkyl halides is 1. The SMILES string of the molecule is C=S(=C)(C)N(CCOC)c1cc(C(=O)N[C@@H](Cc2ccccc2)C(N)CF)cc(N(CCOC)CC2CC2C)n1. The van der Waals surface area contributed by atoms with Crippen LogP contribution in [0.3, 0.4) is 0 Å². The summed E-state index contributed by atoms with van der Waals surface area (Å²) < 4.78 is 26.5. The number of carbonyl (C=O) groups is 1. The highest BCUT2D eigenvalue weighted by Gasteiger charge is 2.34. The van der Waals surface area contributed by atoms with Crippen molar-refractivity contribution in [2.24, 2.45) is 17.6 Å². The summed E-state index contributed by atoms with van der Waals surface area (Å²) in [7, 11) is 1.57. The van der Waals surface area contributed by atoms with Crippen molar-refractivity contribution in [3.8, 4) is 0 Å². The van der Waals surface area contributed by atoms with E-state index >= 15 is 0 Å². The summed E-state index contributed by atoms with van der Waals surface area (Å²) in [5.74, 6) is 10.8. The molecule has 0 bridgehead atoms. The van der Waals surface area contributed by atoms with Crippen LogP contribution in [-0.2, 0) is 15.9 Å². The summed E-state index contributed by atoms with van der Waals surface area (Å²) in [6.45, 7) is 4.46. The fraction of sp³-hybridized carbons (Fsp3) is 0.533. The van der Waals surface area contributed by atoms with Gasteiger partial charge in [0.05, 0.1) is 31.8 Å². The van der Waals surface area contributed by atoms with Gasteiger partial charge in [-0.05, 0) is 48.6 Å². The molecular weight excluding hydrogens is 529 g/mol. The zero-order valence-electron chi connectivity index (χ0n) is 24.4. The number of hydrogen-bond donors (Lipinski definition) is 2. The largest absolute Gasteiger partial charge is 0.383 e. The Morgan fingerprint density at radius 1 is 1.18 bits per heavy atom. The van der Waals surface area contributed by atoms with E-state index in [1.807, 2.05) is 40.9 Å². The van der Waals surface area contributed by atoms with Crippen molar-refractivity contribution in [1.82, 2.24) is 10.3 Å². The van der Waals surface area contributed by atoms with Crippen LogP contribution in [0, 0.1) is 11.8 Å². The number of halogens is 1. The van der Waals surface area contributed by atoms with Gasteiger partial charge in [-0.3, -0.25) is 4.79 Å². The Morgan fingerprint density at radius 2 is 1.80 bits per heavy atom. The lowest BCUT2D eigenvalue weighted by Crippen LogP contribution is -2.50. The van der Waals surface area contributed by atoms with Crippen molar-refractivity contribution >= 4 is 38.7 Å². The van der Waals surface area contributed by atoms with Gasteiger partial charge in [0, 0.05) is 32.9 Å². The van der Waals surface area contributed by atoms with Crippen LogP contribution in [0.15, 0.2) is 42.5 Å². The van der Waals surface area contributed by atoms with E-state index in [-0.39, 0.29) is 5.91 Å². The van der Waals surface area contributed by atoms with E-state index < -0.39 is 28.2 Å². The second-order valence-electron chi connectivity index (χ2n) is 10.9. The fourth-order valence-corrected chi connectivity index (χ4v) is 5.69. The molecule has 2 aromatic rings. The molecule has 0 aliphatic heterocycles. The predicted octanol–water partition coefficient (Wildman–Crippen LogP) is 3.49. The van der Waals surface area contributed by atoms with Gasteiger partial charge in [-0.1, -0.05) is 49.0 Å². The van der Waals surface area contributed by atoms with Crippen molar-refractivity contribution in [3.63, 3.8) is 0 Å². The number of hydrogen-bond acceptors (Lipinski definition) is 7. The molecule has 1 saturated carbocycles. The van der Waals surface area contributed by atoms with Gasteiger partial charge in [0.15, 0.2) is 0 Å². The number of nitrogens with zero attached hydrogens (tertiary/aromatic N) is 3. The van der Waals surface area contributed by atoms with Crippen LogP contribution < -0.4 is 20.3 Å². The minimum absolute atomic E-state index is 0.335. The molecule has 1 heterocycles. The van der Waals surface area contributed by atoms with Crippen LogP contribution in [0.5, 0.6) is 0 Å². The van der Waals surface area contributed by atoms with Crippen molar-refractivity contribution in [3.05, 3.63) is 53.6 Å². The number of nitrogens with one attached hydrogen (secondary N) is 1. The summed E-state index contributed by atoms with van der Waals surface area (Å²) in [5.41, 5.74) is 7.52. The van der Waals surface area contributed by atoms with Gasteiger partial charge in [-0.2, -0.15) is 0 Å². The Kier molecular flexibility index (Phi) is 11.8. The summed E-state index contributed by atoms with van der Waals surface area (Å²) >= 11 is 0. The van der Waals surface area contributed by atoms with Gasteiger partial charge in [-0.15, -0.1) is 9.39 Å². The van der Waals surface area contributed by atoms with Gasteiger partial charge in [0.1, 0.15) is 18.3 Å². The monoisotopic (exact) mass is 575 g/mol. The first kappa shape index (κ1) is 31.9. The third-order valence-corrected chi connectivity index (χ3v) is 8.71. The van der Waals surface area contributed by atoms with Gasteiger partial charge >= 0.3 is 0 Å². The second kappa shape index (κ2) is 14.8. The first-order chi connectivity index (χ1) is 19.1. The molecule has 1 fully saturated rings. The molecule has 3 N–H and O–H groups in total. The molecule has 40 heavy (non-hydrogen) atoms. The fourth-order valence-electron chi connectivity index (χ4n) is 4.63. The third-order valence-electron chi connectivity index (χ3n) is 7.28. The highest BCUT2D eigenvalue weighted by molar-refractivity contribution is 8.28. The Morgan fingerprint density at radius 3 is 2.38 bits per heavy atom. The Balaban J connectivity index is 2.01. The predicted molar refractivity (Wildman–Crippen MR) is 168 cm³/mol. The number of aromatic nitrogens is 1. The van der Waals surface area contributed by atoms with E-state index in [1.54, 1.807) is 26.4 Å². The summed E-state index contributed by atoms with van der Waals surface area (Å²) in [5, 5.41) is 3.01. The molecule has 3 unspecified atom stereocenters. The Labute approximate surface area is 239 Å². The average molecular weight is 576 g/mol. The molecule has 4 atom stereocenters. The molecular formula is C30H46FN5O3S. The van der Waals surface area contributed by atoms with Crippen LogP contribution in [0.25, 0.3) is 0 Å². The van der Waals surface area contributed by atoms with E-state index in [1.165, 1.54) is 6.42 Å². The highest BCUT2D eigenvalue weighted by Crippen LogP contribution is 2.39. The molecule has 1 aliphatic carbocycles. The lowest BCUT2D eigenvalue weighted by atomic mass is 10.00. The number of benzene rings is 1. The van der Waals surface area contributed by atoms with E-state index in [4.69, 9.17) is 20.2 Å². The molecule has 10 heteroatoms. The van der Waals surface area contributed by atoms with Gasteiger partial charge in [0.25, 0.3) is 5.91 Å². The lowest BCUT2D eigenvalue weighted by Gasteiger charge is -2.32. The van der Waals surface area contributed by atoms with Gasteiger partial charge in [-0.25, -0.2) is 9.37 Å². The Bertz CT molecular complexity index is 1200. The van der Waals surface area contributed by atoms with Crippen LogP contribution in [0.1, 0.15) is 29.3 Å². The molecule has 1 aromatic heterocycles. The standard InChI is InChI=1S/C30H46FN5O3S/c1-22-16-25(22)21-35(12-14-38-2)28-18-24(19-29(34-28)36(13-15-39-3)40(4,5)6)30(37)33-27(26(32)20-31)17-23-10-8-7-9-11-23/h7-11,18-19,22,25-27H,4-5,12-17,20-21,32H2,1-3,6H3,(H,33,37)/t22?,25?,26?,27-/m0/s1. The molecule has 1 amide bonds. The quantitative estimate of drug-likeness (QED) is 0.279. The lowest BCUT2D eigenvalue weighted by molar-refractivity contribution is 0.0928. The van der Waals surface area contributed by atoms with Crippen LogP contribution in [0.4, 0.5) is 16.0 Å². The summed E-state index contributed by atoms with van der Waals surface area (Å²) in [4.78, 5) is 20.9. The number of amides is 1. The van der Waals surface area contributed by atoms with E-state index in [9.17, 15) is 9.18 Å². The maximum absolute atomic E-state index is 13.8. The topological polar surface area (TPSA) is 93.0 Å². The maximum atomic E-state index is 13.8. The van der Waals surface area contributed by atoms with Gasteiger partial charge < -0.3 is 29.7 Å². The normalized spacial score (nSPS) is 18.1. The number of pyridine rings is 1. The number of ether oxygens (including phenoxy) is 2.